The summed E-state index contributed by atoms with van der Waals surface area (Å²) in [5.41, 5.74) is 1.53. The van der Waals surface area contributed by atoms with Crippen LogP contribution < -0.4 is 0 Å². The van der Waals surface area contributed by atoms with Crippen molar-refractivity contribution in [3.63, 3.8) is 0 Å². The van der Waals surface area contributed by atoms with Crippen molar-refractivity contribution in [3.05, 3.63) is 53.2 Å². The number of hydrogen-bond donors (Lipinski definition) is 1. The van der Waals surface area contributed by atoms with Gasteiger partial charge in [0.05, 0.1) is 17.4 Å². The molecule has 0 saturated carbocycles. The van der Waals surface area contributed by atoms with Crippen LogP contribution in [0.5, 0.6) is 0 Å². The standard InChI is InChI=1S/C7H5FN2.C4H4S/c8-5-1-2-6-7(3-5)10-4-9-6;1-2-4-5-3-1/h1-4H,(H,9,10);1-4H. The minimum absolute atomic E-state index is 0.250. The molecule has 76 valence electrons. The van der Waals surface area contributed by atoms with Gasteiger partial charge in [-0.15, -0.1) is 0 Å². The first kappa shape index (κ1) is 9.86. The van der Waals surface area contributed by atoms with Crippen molar-refractivity contribution >= 4 is 22.4 Å². The largest absolute Gasteiger partial charge is 0.345 e. The molecular formula is C11H9FN2S. The molecule has 4 heteroatoms. The molecule has 2 nitrogen and oxygen atoms in total. The summed E-state index contributed by atoms with van der Waals surface area (Å²) in [6.45, 7) is 0. The van der Waals surface area contributed by atoms with Crippen molar-refractivity contribution in [1.82, 2.24) is 9.97 Å². The van der Waals surface area contributed by atoms with Crippen LogP contribution in [0.2, 0.25) is 0 Å². The average Bonchev–Trinajstić information content (AvgIpc) is 2.91. The highest BCUT2D eigenvalue weighted by Gasteiger charge is 1.94. The molecule has 2 aromatic heterocycles. The van der Waals surface area contributed by atoms with Gasteiger partial charge in [-0.25, -0.2) is 9.37 Å². The summed E-state index contributed by atoms with van der Waals surface area (Å²) >= 11 is 1.71. The van der Waals surface area contributed by atoms with Gasteiger partial charge in [0.1, 0.15) is 5.82 Å². The maximum Gasteiger partial charge on any atom is 0.125 e. The Morgan fingerprint density at radius 1 is 1.20 bits per heavy atom. The first-order valence-electron chi connectivity index (χ1n) is 4.42. The summed E-state index contributed by atoms with van der Waals surface area (Å²) < 4.78 is 12.5. The highest BCUT2D eigenvalue weighted by molar-refractivity contribution is 7.07. The molecule has 1 N–H and O–H groups in total. The highest BCUT2D eigenvalue weighted by atomic mass is 32.1. The number of halogens is 1. The number of nitrogens with zero attached hydrogens (tertiary/aromatic N) is 1. The summed E-state index contributed by atoms with van der Waals surface area (Å²) in [7, 11) is 0. The molecule has 2 heterocycles. The molecule has 3 rings (SSSR count). The number of nitrogens with one attached hydrogen (secondary N) is 1. The fourth-order valence-electron chi connectivity index (χ4n) is 1.13. The summed E-state index contributed by atoms with van der Waals surface area (Å²) in [6, 6.07) is 8.50. The van der Waals surface area contributed by atoms with Crippen LogP contribution in [-0.2, 0) is 0 Å². The van der Waals surface area contributed by atoms with Crippen molar-refractivity contribution in [3.8, 4) is 0 Å². The zero-order valence-corrected chi connectivity index (χ0v) is 8.67. The Bertz CT molecular complexity index is 499. The third-order valence-electron chi connectivity index (χ3n) is 1.81. The molecule has 0 aliphatic carbocycles. The first-order chi connectivity index (χ1) is 7.36. The lowest BCUT2D eigenvalue weighted by atomic mass is 10.3. The lowest BCUT2D eigenvalue weighted by molar-refractivity contribution is 0.629. The second-order valence-electron chi connectivity index (χ2n) is 2.86. The number of aromatic amines is 1. The van der Waals surface area contributed by atoms with Crippen LogP contribution in [0, 0.1) is 5.82 Å². The summed E-state index contributed by atoms with van der Waals surface area (Å²) in [5.74, 6) is -0.250. The smallest absolute Gasteiger partial charge is 0.125 e. The van der Waals surface area contributed by atoms with Gasteiger partial charge < -0.3 is 4.98 Å². The van der Waals surface area contributed by atoms with Crippen molar-refractivity contribution in [2.45, 2.75) is 0 Å². The second kappa shape index (κ2) is 4.70. The highest BCUT2D eigenvalue weighted by Crippen LogP contribution is 2.09. The van der Waals surface area contributed by atoms with E-state index in [0.29, 0.717) is 5.52 Å². The maximum atomic E-state index is 12.5. The molecule has 0 radical (unpaired) electrons. The zero-order chi connectivity index (χ0) is 10.5. The fourth-order valence-corrected chi connectivity index (χ4v) is 1.59. The van der Waals surface area contributed by atoms with Crippen molar-refractivity contribution in [2.24, 2.45) is 0 Å². The Kier molecular flexibility index (Phi) is 3.09. The van der Waals surface area contributed by atoms with Crippen LogP contribution in [0.1, 0.15) is 0 Å². The molecule has 3 aromatic rings. The van der Waals surface area contributed by atoms with E-state index >= 15 is 0 Å². The van der Waals surface area contributed by atoms with E-state index < -0.39 is 0 Å². The van der Waals surface area contributed by atoms with Crippen LogP contribution in [0.4, 0.5) is 4.39 Å². The van der Waals surface area contributed by atoms with E-state index in [1.807, 2.05) is 22.9 Å². The van der Waals surface area contributed by atoms with Crippen LogP contribution in [0.25, 0.3) is 11.0 Å². The van der Waals surface area contributed by atoms with Gasteiger partial charge in [0.25, 0.3) is 0 Å². The Balaban J connectivity index is 0.000000144. The van der Waals surface area contributed by atoms with E-state index in [-0.39, 0.29) is 5.82 Å². The van der Waals surface area contributed by atoms with Gasteiger partial charge in [0.2, 0.25) is 0 Å². The van der Waals surface area contributed by atoms with Gasteiger partial charge in [0, 0.05) is 6.07 Å². The number of thiophene rings is 1. The lowest BCUT2D eigenvalue weighted by Crippen LogP contribution is -1.72. The van der Waals surface area contributed by atoms with Crippen LogP contribution >= 0.6 is 11.3 Å². The SMILES string of the molecule is Fc1ccc2[nH]cnc2c1.c1ccsc1. The number of hydrogen-bond acceptors (Lipinski definition) is 2. The van der Waals surface area contributed by atoms with Crippen molar-refractivity contribution < 1.29 is 4.39 Å². The molecule has 1 aromatic carbocycles. The van der Waals surface area contributed by atoms with Crippen LogP contribution in [0.3, 0.4) is 0 Å². The molecule has 0 fully saturated rings. The van der Waals surface area contributed by atoms with Crippen LogP contribution in [0.15, 0.2) is 47.4 Å². The van der Waals surface area contributed by atoms with E-state index in [9.17, 15) is 4.39 Å². The van der Waals surface area contributed by atoms with E-state index in [2.05, 4.69) is 9.97 Å². The Hall–Kier alpha value is -1.68. The van der Waals surface area contributed by atoms with Crippen molar-refractivity contribution in [2.75, 3.05) is 0 Å². The lowest BCUT2D eigenvalue weighted by Gasteiger charge is -1.85. The first-order valence-corrected chi connectivity index (χ1v) is 5.36. The Labute approximate surface area is 90.4 Å². The van der Waals surface area contributed by atoms with Gasteiger partial charge in [-0.1, -0.05) is 12.1 Å². The third kappa shape index (κ3) is 2.63. The number of rotatable bonds is 0. The topological polar surface area (TPSA) is 28.7 Å². The normalized spacial score (nSPS) is 9.67. The Morgan fingerprint density at radius 3 is 2.67 bits per heavy atom. The van der Waals surface area contributed by atoms with E-state index in [4.69, 9.17) is 0 Å². The predicted octanol–water partition coefficient (Wildman–Crippen LogP) is 3.45. The molecule has 0 bridgehead atoms. The number of benzene rings is 1. The number of imidazole rings is 1. The molecule has 0 unspecified atom stereocenters. The average molecular weight is 220 g/mol. The fraction of sp³-hybridized carbons (Fsp3) is 0. The molecule has 0 atom stereocenters. The van der Waals surface area contributed by atoms with Gasteiger partial charge in [-0.2, -0.15) is 11.3 Å². The summed E-state index contributed by atoms with van der Waals surface area (Å²) in [5, 5.41) is 4.08. The number of fused-ring (bicyclic) bond motifs is 1. The summed E-state index contributed by atoms with van der Waals surface area (Å²) in [4.78, 5) is 6.75. The zero-order valence-electron chi connectivity index (χ0n) is 7.85. The van der Waals surface area contributed by atoms with Crippen molar-refractivity contribution in [1.29, 1.82) is 0 Å². The summed E-state index contributed by atoms with van der Waals surface area (Å²) in [6.07, 6.45) is 1.55. The molecule has 0 saturated heterocycles. The molecule has 0 spiro atoms. The second-order valence-corrected chi connectivity index (χ2v) is 3.67. The molecule has 0 aliphatic rings. The van der Waals surface area contributed by atoms with E-state index in [1.54, 1.807) is 23.7 Å². The van der Waals surface area contributed by atoms with Crippen LogP contribution in [-0.4, -0.2) is 9.97 Å². The van der Waals surface area contributed by atoms with Gasteiger partial charge in [0.15, 0.2) is 0 Å². The quantitative estimate of drug-likeness (QED) is 0.617. The van der Waals surface area contributed by atoms with Gasteiger partial charge >= 0.3 is 0 Å². The van der Waals surface area contributed by atoms with Gasteiger partial charge in [-0.3, -0.25) is 0 Å². The molecular weight excluding hydrogens is 211 g/mol. The maximum absolute atomic E-state index is 12.5. The number of aromatic nitrogens is 2. The van der Waals surface area contributed by atoms with E-state index in [0.717, 1.165) is 5.52 Å². The minimum Gasteiger partial charge on any atom is -0.345 e. The minimum atomic E-state index is -0.250. The Morgan fingerprint density at radius 2 is 2.00 bits per heavy atom. The number of H-pyrrole nitrogens is 1. The third-order valence-corrected chi connectivity index (χ3v) is 2.44. The molecule has 0 amide bonds. The van der Waals surface area contributed by atoms with Gasteiger partial charge in [-0.05, 0) is 22.9 Å². The molecule has 15 heavy (non-hydrogen) atoms. The van der Waals surface area contributed by atoms with E-state index in [1.165, 1.54) is 12.1 Å². The monoisotopic (exact) mass is 220 g/mol. The predicted molar refractivity (Wildman–Crippen MR) is 60.4 cm³/mol. The molecule has 0 aliphatic heterocycles.